The molecule has 0 spiro atoms. The minimum atomic E-state index is -0.525. The van der Waals surface area contributed by atoms with E-state index in [4.69, 9.17) is 4.74 Å². The van der Waals surface area contributed by atoms with E-state index in [2.05, 4.69) is 39.0 Å². The summed E-state index contributed by atoms with van der Waals surface area (Å²) in [5.41, 5.74) is 2.23. The van der Waals surface area contributed by atoms with E-state index in [1.165, 1.54) is 30.4 Å². The highest BCUT2D eigenvalue weighted by Crippen LogP contribution is 2.25. The molecule has 0 bridgehead atoms. The molecule has 3 aliphatic heterocycles. The Bertz CT molecular complexity index is 599. The minimum absolute atomic E-state index is 0.525. The largest absolute Gasteiger partial charge is 0.387 e. The molecule has 0 radical (unpaired) electrons. The SMILES string of the molecule is O[C@@]1(CN2CCCCC2)CCN(Cc2cccc(CN3CCOCC3)c2)C1. The molecule has 27 heavy (non-hydrogen) atoms. The third-order valence-electron chi connectivity index (χ3n) is 6.29. The van der Waals surface area contributed by atoms with Gasteiger partial charge in [-0.25, -0.2) is 0 Å². The summed E-state index contributed by atoms with van der Waals surface area (Å²) in [6.45, 7) is 10.7. The summed E-state index contributed by atoms with van der Waals surface area (Å²) in [7, 11) is 0. The van der Waals surface area contributed by atoms with Crippen LogP contribution in [0.3, 0.4) is 0 Å². The number of β-amino-alcohol motifs (C(OH)–C–C–N with tert-alkyl or cyclic N) is 1. The second kappa shape index (κ2) is 9.01. The number of benzene rings is 1. The maximum absolute atomic E-state index is 11.1. The highest BCUT2D eigenvalue weighted by molar-refractivity contribution is 5.23. The van der Waals surface area contributed by atoms with Gasteiger partial charge in [0.25, 0.3) is 0 Å². The van der Waals surface area contributed by atoms with Gasteiger partial charge >= 0.3 is 0 Å². The molecule has 1 atom stereocenters. The fourth-order valence-electron chi connectivity index (χ4n) is 4.84. The highest BCUT2D eigenvalue weighted by atomic mass is 16.5. The molecule has 5 nitrogen and oxygen atoms in total. The Kier molecular flexibility index (Phi) is 6.46. The third kappa shape index (κ3) is 5.52. The monoisotopic (exact) mass is 373 g/mol. The molecule has 3 aliphatic rings. The van der Waals surface area contributed by atoms with Crippen molar-refractivity contribution in [3.8, 4) is 0 Å². The predicted octanol–water partition coefficient (Wildman–Crippen LogP) is 1.94. The Hall–Kier alpha value is -0.980. The molecule has 3 saturated heterocycles. The van der Waals surface area contributed by atoms with Crippen LogP contribution in [-0.4, -0.2) is 84.4 Å². The Morgan fingerprint density at radius 2 is 1.56 bits per heavy atom. The van der Waals surface area contributed by atoms with E-state index in [0.717, 1.165) is 78.5 Å². The quantitative estimate of drug-likeness (QED) is 0.825. The molecule has 0 aromatic heterocycles. The van der Waals surface area contributed by atoms with Gasteiger partial charge in [0.2, 0.25) is 0 Å². The molecular formula is C22H35N3O2. The number of hydrogen-bond acceptors (Lipinski definition) is 5. The lowest BCUT2D eigenvalue weighted by Gasteiger charge is -2.33. The van der Waals surface area contributed by atoms with Gasteiger partial charge in [-0.05, 0) is 43.5 Å². The van der Waals surface area contributed by atoms with Crippen molar-refractivity contribution in [1.29, 1.82) is 0 Å². The summed E-state index contributed by atoms with van der Waals surface area (Å²) >= 11 is 0. The number of hydrogen-bond donors (Lipinski definition) is 1. The van der Waals surface area contributed by atoms with Crippen LogP contribution in [0, 0.1) is 0 Å². The standard InChI is InChI=1S/C22H35N3O2/c26-22(18-24-8-2-1-3-9-24)7-10-25(19-22)17-21-6-4-5-20(15-21)16-23-11-13-27-14-12-23/h4-6,15,26H,1-3,7-14,16-19H2/t22-/m1/s1. The molecule has 0 saturated carbocycles. The van der Waals surface area contributed by atoms with Gasteiger partial charge in [0, 0.05) is 45.8 Å². The van der Waals surface area contributed by atoms with Gasteiger partial charge in [0.05, 0.1) is 18.8 Å². The molecule has 0 aliphatic carbocycles. The van der Waals surface area contributed by atoms with Crippen LogP contribution in [0.5, 0.6) is 0 Å². The van der Waals surface area contributed by atoms with Crippen molar-refractivity contribution >= 4 is 0 Å². The molecule has 5 heteroatoms. The number of rotatable bonds is 6. The summed E-state index contributed by atoms with van der Waals surface area (Å²) in [4.78, 5) is 7.36. The van der Waals surface area contributed by atoms with Crippen LogP contribution < -0.4 is 0 Å². The minimum Gasteiger partial charge on any atom is -0.387 e. The molecule has 1 N–H and O–H groups in total. The number of likely N-dealkylation sites (tertiary alicyclic amines) is 2. The van der Waals surface area contributed by atoms with Crippen LogP contribution >= 0.6 is 0 Å². The van der Waals surface area contributed by atoms with Gasteiger partial charge in [0.15, 0.2) is 0 Å². The van der Waals surface area contributed by atoms with Crippen LogP contribution in [0.1, 0.15) is 36.8 Å². The van der Waals surface area contributed by atoms with Gasteiger partial charge in [0.1, 0.15) is 0 Å². The van der Waals surface area contributed by atoms with E-state index in [9.17, 15) is 5.11 Å². The van der Waals surface area contributed by atoms with Gasteiger partial charge in [-0.2, -0.15) is 0 Å². The maximum Gasteiger partial charge on any atom is 0.0912 e. The normalized spacial score (nSPS) is 28.6. The fraction of sp³-hybridized carbons (Fsp3) is 0.727. The maximum atomic E-state index is 11.1. The van der Waals surface area contributed by atoms with Crippen molar-refractivity contribution in [2.75, 3.05) is 59.0 Å². The first kappa shape index (κ1) is 19.3. The van der Waals surface area contributed by atoms with Crippen LogP contribution in [0.25, 0.3) is 0 Å². The lowest BCUT2D eigenvalue weighted by molar-refractivity contribution is 0.00635. The predicted molar refractivity (Wildman–Crippen MR) is 108 cm³/mol. The summed E-state index contributed by atoms with van der Waals surface area (Å²) in [5.74, 6) is 0. The second-order valence-electron chi connectivity index (χ2n) is 8.73. The lowest BCUT2D eigenvalue weighted by atomic mass is 10.0. The summed E-state index contributed by atoms with van der Waals surface area (Å²) in [5, 5.41) is 11.1. The van der Waals surface area contributed by atoms with Crippen molar-refractivity contribution in [3.63, 3.8) is 0 Å². The van der Waals surface area contributed by atoms with Crippen LogP contribution in [0.2, 0.25) is 0 Å². The van der Waals surface area contributed by atoms with Crippen molar-refractivity contribution in [1.82, 2.24) is 14.7 Å². The topological polar surface area (TPSA) is 39.2 Å². The van der Waals surface area contributed by atoms with E-state index >= 15 is 0 Å². The van der Waals surface area contributed by atoms with Crippen molar-refractivity contribution in [2.24, 2.45) is 0 Å². The summed E-state index contributed by atoms with van der Waals surface area (Å²) in [6.07, 6.45) is 4.82. The smallest absolute Gasteiger partial charge is 0.0912 e. The van der Waals surface area contributed by atoms with E-state index in [-0.39, 0.29) is 0 Å². The van der Waals surface area contributed by atoms with Gasteiger partial charge in [-0.15, -0.1) is 0 Å². The van der Waals surface area contributed by atoms with E-state index in [1.807, 2.05) is 0 Å². The Morgan fingerprint density at radius 3 is 2.30 bits per heavy atom. The zero-order chi connectivity index (χ0) is 18.5. The first-order valence-corrected chi connectivity index (χ1v) is 10.7. The van der Waals surface area contributed by atoms with E-state index < -0.39 is 5.60 Å². The average molecular weight is 374 g/mol. The Balaban J connectivity index is 1.29. The fourth-order valence-corrected chi connectivity index (χ4v) is 4.84. The molecular weight excluding hydrogens is 338 g/mol. The van der Waals surface area contributed by atoms with Crippen LogP contribution in [0.15, 0.2) is 24.3 Å². The third-order valence-corrected chi connectivity index (χ3v) is 6.29. The molecule has 3 heterocycles. The molecule has 1 aromatic rings. The van der Waals surface area contributed by atoms with Gasteiger partial charge in [-0.1, -0.05) is 30.7 Å². The molecule has 150 valence electrons. The van der Waals surface area contributed by atoms with Crippen molar-refractivity contribution in [2.45, 2.75) is 44.4 Å². The first-order valence-electron chi connectivity index (χ1n) is 10.7. The Morgan fingerprint density at radius 1 is 0.852 bits per heavy atom. The molecule has 3 fully saturated rings. The zero-order valence-corrected chi connectivity index (χ0v) is 16.6. The van der Waals surface area contributed by atoms with Crippen LogP contribution in [0.4, 0.5) is 0 Å². The summed E-state index contributed by atoms with van der Waals surface area (Å²) < 4.78 is 5.45. The first-order chi connectivity index (χ1) is 13.2. The summed E-state index contributed by atoms with van der Waals surface area (Å²) in [6, 6.07) is 8.99. The van der Waals surface area contributed by atoms with Crippen molar-refractivity contribution in [3.05, 3.63) is 35.4 Å². The van der Waals surface area contributed by atoms with Crippen LogP contribution in [-0.2, 0) is 17.8 Å². The highest BCUT2D eigenvalue weighted by Gasteiger charge is 2.37. The molecule has 4 rings (SSSR count). The Labute approximate surface area is 163 Å². The molecule has 1 aromatic carbocycles. The second-order valence-corrected chi connectivity index (χ2v) is 8.73. The van der Waals surface area contributed by atoms with Crippen molar-refractivity contribution < 1.29 is 9.84 Å². The lowest BCUT2D eigenvalue weighted by Crippen LogP contribution is -2.46. The zero-order valence-electron chi connectivity index (χ0n) is 16.6. The number of nitrogens with zero attached hydrogens (tertiary/aromatic N) is 3. The number of morpholine rings is 1. The van der Waals surface area contributed by atoms with Gasteiger partial charge < -0.3 is 14.7 Å². The number of ether oxygens (including phenoxy) is 1. The van der Waals surface area contributed by atoms with E-state index in [0.29, 0.717) is 0 Å². The molecule has 0 amide bonds. The van der Waals surface area contributed by atoms with E-state index in [1.54, 1.807) is 0 Å². The van der Waals surface area contributed by atoms with Gasteiger partial charge in [-0.3, -0.25) is 9.80 Å². The number of aliphatic hydroxyl groups is 1. The average Bonchev–Trinajstić information content (AvgIpc) is 3.04. The number of piperidine rings is 1. The molecule has 0 unspecified atom stereocenters.